The van der Waals surface area contributed by atoms with Crippen LogP contribution in [0.5, 0.6) is 5.75 Å². The first kappa shape index (κ1) is 21.9. The summed E-state index contributed by atoms with van der Waals surface area (Å²) in [5, 5.41) is 8.78. The molecule has 0 spiro atoms. The Morgan fingerprint density at radius 1 is 0.871 bits per heavy atom. The number of benzene rings is 3. The Morgan fingerprint density at radius 2 is 1.65 bits per heavy atom. The zero-order valence-electron chi connectivity index (χ0n) is 17.6. The van der Waals surface area contributed by atoms with Crippen LogP contribution in [0, 0.1) is 0 Å². The zero-order chi connectivity index (χ0) is 21.9. The number of nitrogens with one attached hydrogen (secondary N) is 3. The molecule has 0 aliphatic heterocycles. The van der Waals surface area contributed by atoms with Gasteiger partial charge in [-0.1, -0.05) is 43.3 Å². The van der Waals surface area contributed by atoms with Crippen LogP contribution in [0.4, 0.5) is 11.4 Å². The fourth-order valence-electron chi connectivity index (χ4n) is 2.89. The molecule has 0 saturated carbocycles. The smallest absolute Gasteiger partial charge is 0.251 e. The van der Waals surface area contributed by atoms with Gasteiger partial charge >= 0.3 is 0 Å². The fourth-order valence-corrected chi connectivity index (χ4v) is 2.89. The molecule has 6 nitrogen and oxygen atoms in total. The summed E-state index contributed by atoms with van der Waals surface area (Å²) in [5.41, 5.74) is 2.91. The van der Waals surface area contributed by atoms with E-state index in [4.69, 9.17) is 4.74 Å². The number of rotatable bonds is 10. The van der Waals surface area contributed by atoms with Crippen molar-refractivity contribution < 1.29 is 14.3 Å². The van der Waals surface area contributed by atoms with Crippen LogP contribution in [0.25, 0.3) is 0 Å². The van der Waals surface area contributed by atoms with Crippen molar-refractivity contribution in [1.82, 2.24) is 5.32 Å². The molecule has 0 aromatic heterocycles. The fraction of sp³-hybridized carbons (Fsp3) is 0.200. The maximum absolute atomic E-state index is 12.4. The third kappa shape index (κ3) is 7.19. The van der Waals surface area contributed by atoms with E-state index in [0.717, 1.165) is 23.4 Å². The molecule has 3 aromatic rings. The van der Waals surface area contributed by atoms with Crippen LogP contribution in [0.3, 0.4) is 0 Å². The molecule has 3 N–H and O–H groups in total. The Bertz CT molecular complexity index is 988. The van der Waals surface area contributed by atoms with E-state index >= 15 is 0 Å². The van der Waals surface area contributed by atoms with Crippen molar-refractivity contribution in [3.8, 4) is 5.75 Å². The standard InChI is InChI=1S/C25H27N3O3/c1-2-15-31-23-13-11-21(12-14-23)26-18-24(29)28-22-10-6-9-20(16-22)25(30)27-17-19-7-4-3-5-8-19/h3-14,16,26H,2,15,17-18H2,1H3,(H,27,30)(H,28,29). The van der Waals surface area contributed by atoms with E-state index in [1.165, 1.54) is 0 Å². The van der Waals surface area contributed by atoms with Gasteiger partial charge in [-0.15, -0.1) is 0 Å². The average molecular weight is 418 g/mol. The van der Waals surface area contributed by atoms with E-state index < -0.39 is 0 Å². The van der Waals surface area contributed by atoms with Gasteiger partial charge in [0.2, 0.25) is 5.91 Å². The lowest BCUT2D eigenvalue weighted by Gasteiger charge is -2.10. The molecular formula is C25H27N3O3. The molecular weight excluding hydrogens is 390 g/mol. The molecule has 2 amide bonds. The molecule has 31 heavy (non-hydrogen) atoms. The molecule has 0 aliphatic rings. The van der Waals surface area contributed by atoms with Gasteiger partial charge in [-0.05, 0) is 54.4 Å². The number of amides is 2. The minimum atomic E-state index is -0.201. The highest BCUT2D eigenvalue weighted by molar-refractivity contribution is 5.98. The molecule has 0 aliphatic carbocycles. The largest absolute Gasteiger partial charge is 0.494 e. The first-order chi connectivity index (χ1) is 15.1. The summed E-state index contributed by atoms with van der Waals surface area (Å²) < 4.78 is 5.55. The molecule has 6 heteroatoms. The lowest BCUT2D eigenvalue weighted by Crippen LogP contribution is -2.24. The summed E-state index contributed by atoms with van der Waals surface area (Å²) in [4.78, 5) is 24.7. The minimum absolute atomic E-state index is 0.111. The topological polar surface area (TPSA) is 79.5 Å². The van der Waals surface area contributed by atoms with E-state index in [2.05, 4.69) is 22.9 Å². The van der Waals surface area contributed by atoms with Crippen molar-refractivity contribution in [2.24, 2.45) is 0 Å². The first-order valence-electron chi connectivity index (χ1n) is 10.3. The Labute approximate surface area is 182 Å². The SMILES string of the molecule is CCCOc1ccc(NCC(=O)Nc2cccc(C(=O)NCc3ccccc3)c2)cc1. The number of carbonyl (C=O) groups excluding carboxylic acids is 2. The van der Waals surface area contributed by atoms with E-state index in [1.54, 1.807) is 24.3 Å². The van der Waals surface area contributed by atoms with Crippen molar-refractivity contribution in [3.63, 3.8) is 0 Å². The van der Waals surface area contributed by atoms with Crippen LogP contribution in [0.1, 0.15) is 29.3 Å². The van der Waals surface area contributed by atoms with Crippen molar-refractivity contribution in [2.45, 2.75) is 19.9 Å². The summed E-state index contributed by atoms with van der Waals surface area (Å²) in [6, 6.07) is 24.1. The van der Waals surface area contributed by atoms with Gasteiger partial charge in [0.1, 0.15) is 5.75 Å². The Morgan fingerprint density at radius 3 is 2.39 bits per heavy atom. The quantitative estimate of drug-likeness (QED) is 0.455. The Kier molecular flexibility index (Phi) is 8.05. The van der Waals surface area contributed by atoms with Crippen molar-refractivity contribution in [1.29, 1.82) is 0 Å². The maximum atomic E-state index is 12.4. The van der Waals surface area contributed by atoms with Gasteiger partial charge in [-0.25, -0.2) is 0 Å². The van der Waals surface area contributed by atoms with Gasteiger partial charge in [-0.3, -0.25) is 9.59 Å². The molecule has 0 bridgehead atoms. The molecule has 160 valence electrons. The second-order valence-corrected chi connectivity index (χ2v) is 7.02. The van der Waals surface area contributed by atoms with Gasteiger partial charge in [0.15, 0.2) is 0 Å². The van der Waals surface area contributed by atoms with Gasteiger partial charge in [0.05, 0.1) is 13.2 Å². The number of hydrogen-bond acceptors (Lipinski definition) is 4. The minimum Gasteiger partial charge on any atom is -0.494 e. The third-order valence-corrected chi connectivity index (χ3v) is 4.48. The number of carbonyl (C=O) groups is 2. The van der Waals surface area contributed by atoms with E-state index in [0.29, 0.717) is 24.4 Å². The second-order valence-electron chi connectivity index (χ2n) is 7.02. The Balaban J connectivity index is 1.48. The summed E-state index contributed by atoms with van der Waals surface area (Å²) in [7, 11) is 0. The predicted molar refractivity (Wildman–Crippen MR) is 123 cm³/mol. The zero-order valence-corrected chi connectivity index (χ0v) is 17.6. The molecule has 0 atom stereocenters. The molecule has 3 rings (SSSR count). The highest BCUT2D eigenvalue weighted by Crippen LogP contribution is 2.16. The van der Waals surface area contributed by atoms with Crippen LogP contribution < -0.4 is 20.7 Å². The number of ether oxygens (including phenoxy) is 1. The average Bonchev–Trinajstić information content (AvgIpc) is 2.81. The lowest BCUT2D eigenvalue weighted by atomic mass is 10.1. The molecule has 3 aromatic carbocycles. The van der Waals surface area contributed by atoms with Crippen molar-refractivity contribution in [2.75, 3.05) is 23.8 Å². The third-order valence-electron chi connectivity index (χ3n) is 4.48. The normalized spacial score (nSPS) is 10.2. The monoisotopic (exact) mass is 417 g/mol. The second kappa shape index (κ2) is 11.4. The number of hydrogen-bond donors (Lipinski definition) is 3. The summed E-state index contributed by atoms with van der Waals surface area (Å²) in [6.45, 7) is 3.29. The van der Waals surface area contributed by atoms with Crippen LogP contribution in [-0.4, -0.2) is 25.0 Å². The van der Waals surface area contributed by atoms with Gasteiger partial charge in [0.25, 0.3) is 5.91 Å². The highest BCUT2D eigenvalue weighted by Gasteiger charge is 2.08. The summed E-state index contributed by atoms with van der Waals surface area (Å²) >= 11 is 0. The molecule has 0 fully saturated rings. The van der Waals surface area contributed by atoms with E-state index in [-0.39, 0.29) is 18.4 Å². The van der Waals surface area contributed by atoms with Gasteiger partial charge in [0, 0.05) is 23.5 Å². The summed E-state index contributed by atoms with van der Waals surface area (Å²) in [6.07, 6.45) is 0.954. The van der Waals surface area contributed by atoms with Gasteiger partial charge in [-0.2, -0.15) is 0 Å². The highest BCUT2D eigenvalue weighted by atomic mass is 16.5. The molecule has 0 unspecified atom stereocenters. The molecule has 0 radical (unpaired) electrons. The first-order valence-corrected chi connectivity index (χ1v) is 10.3. The molecule has 0 heterocycles. The Hall–Kier alpha value is -3.80. The lowest BCUT2D eigenvalue weighted by molar-refractivity contribution is -0.114. The van der Waals surface area contributed by atoms with Crippen LogP contribution in [0.15, 0.2) is 78.9 Å². The van der Waals surface area contributed by atoms with E-state index in [9.17, 15) is 9.59 Å². The maximum Gasteiger partial charge on any atom is 0.251 e. The molecule has 0 saturated heterocycles. The van der Waals surface area contributed by atoms with Crippen molar-refractivity contribution in [3.05, 3.63) is 90.0 Å². The number of anilines is 2. The van der Waals surface area contributed by atoms with E-state index in [1.807, 2.05) is 54.6 Å². The van der Waals surface area contributed by atoms with Crippen LogP contribution in [-0.2, 0) is 11.3 Å². The predicted octanol–water partition coefficient (Wildman–Crippen LogP) is 4.46. The van der Waals surface area contributed by atoms with Crippen molar-refractivity contribution >= 4 is 23.2 Å². The van der Waals surface area contributed by atoms with Crippen LogP contribution in [0.2, 0.25) is 0 Å². The summed E-state index contributed by atoms with van der Waals surface area (Å²) in [5.74, 6) is 0.413. The van der Waals surface area contributed by atoms with Crippen LogP contribution >= 0.6 is 0 Å². The van der Waals surface area contributed by atoms with Gasteiger partial charge < -0.3 is 20.7 Å².